The first-order valence-corrected chi connectivity index (χ1v) is 7.94. The zero-order valence-corrected chi connectivity index (χ0v) is 13.8. The van der Waals surface area contributed by atoms with Crippen LogP contribution >= 0.6 is 11.6 Å². The van der Waals surface area contributed by atoms with Crippen molar-refractivity contribution in [2.24, 2.45) is 7.05 Å². The lowest BCUT2D eigenvalue weighted by molar-refractivity contribution is 0.477. The molecule has 1 atom stereocenters. The van der Waals surface area contributed by atoms with E-state index in [1.807, 2.05) is 18.7 Å². The van der Waals surface area contributed by atoms with Crippen molar-refractivity contribution in [2.75, 3.05) is 6.54 Å². The Morgan fingerprint density at radius 3 is 2.57 bits per heavy atom. The zero-order valence-electron chi connectivity index (χ0n) is 13.1. The second-order valence-electron chi connectivity index (χ2n) is 5.45. The smallest absolute Gasteiger partial charge is 0.0847 e. The highest BCUT2D eigenvalue weighted by Crippen LogP contribution is 2.21. The molecule has 4 heteroatoms. The maximum Gasteiger partial charge on any atom is 0.0847 e. The highest BCUT2D eigenvalue weighted by atomic mass is 35.5. The van der Waals surface area contributed by atoms with E-state index in [-0.39, 0.29) is 0 Å². The van der Waals surface area contributed by atoms with Gasteiger partial charge in [0.2, 0.25) is 0 Å². The Bertz CT molecular complexity index is 563. The zero-order chi connectivity index (χ0) is 15.2. The largest absolute Gasteiger partial charge is 0.314 e. The number of nitrogens with one attached hydrogen (secondary N) is 1. The van der Waals surface area contributed by atoms with E-state index in [2.05, 4.69) is 47.7 Å². The second kappa shape index (κ2) is 7.62. The van der Waals surface area contributed by atoms with Crippen molar-refractivity contribution in [1.29, 1.82) is 0 Å². The van der Waals surface area contributed by atoms with Crippen LogP contribution in [0, 0.1) is 6.92 Å². The Morgan fingerprint density at radius 1 is 1.29 bits per heavy atom. The van der Waals surface area contributed by atoms with Crippen LogP contribution in [0.5, 0.6) is 0 Å². The van der Waals surface area contributed by atoms with Crippen LogP contribution in [0.3, 0.4) is 0 Å². The number of halogens is 1. The van der Waals surface area contributed by atoms with Crippen molar-refractivity contribution >= 4 is 11.6 Å². The van der Waals surface area contributed by atoms with E-state index >= 15 is 0 Å². The maximum atomic E-state index is 6.36. The summed E-state index contributed by atoms with van der Waals surface area (Å²) in [7, 11) is 1.97. The molecule has 21 heavy (non-hydrogen) atoms. The van der Waals surface area contributed by atoms with Gasteiger partial charge in [-0.2, -0.15) is 5.10 Å². The van der Waals surface area contributed by atoms with Crippen molar-refractivity contribution in [1.82, 2.24) is 15.1 Å². The van der Waals surface area contributed by atoms with E-state index in [9.17, 15) is 0 Å². The SMILES string of the molecule is CCNC(CCc1ccccc1)Cc1c(Cl)c(C)nn1C. The van der Waals surface area contributed by atoms with Gasteiger partial charge in [-0.3, -0.25) is 4.68 Å². The molecule has 1 aromatic heterocycles. The van der Waals surface area contributed by atoms with E-state index in [1.54, 1.807) is 0 Å². The van der Waals surface area contributed by atoms with Gasteiger partial charge in [-0.25, -0.2) is 0 Å². The summed E-state index contributed by atoms with van der Waals surface area (Å²) in [6, 6.07) is 11.0. The minimum absolute atomic E-state index is 0.419. The number of benzene rings is 1. The molecular weight excluding hydrogens is 282 g/mol. The number of hydrogen-bond acceptors (Lipinski definition) is 2. The number of hydrogen-bond donors (Lipinski definition) is 1. The van der Waals surface area contributed by atoms with Crippen molar-refractivity contribution in [3.63, 3.8) is 0 Å². The topological polar surface area (TPSA) is 29.9 Å². The molecule has 0 fully saturated rings. The third-order valence-electron chi connectivity index (χ3n) is 3.82. The third kappa shape index (κ3) is 4.32. The summed E-state index contributed by atoms with van der Waals surface area (Å²) in [4.78, 5) is 0. The Labute approximate surface area is 132 Å². The summed E-state index contributed by atoms with van der Waals surface area (Å²) < 4.78 is 1.91. The molecule has 0 spiro atoms. The quantitative estimate of drug-likeness (QED) is 0.848. The van der Waals surface area contributed by atoms with Crippen LogP contribution in [0.25, 0.3) is 0 Å². The first kappa shape index (κ1) is 16.1. The summed E-state index contributed by atoms with van der Waals surface area (Å²) in [6.07, 6.45) is 3.09. The molecule has 2 rings (SSSR count). The van der Waals surface area contributed by atoms with Crippen LogP contribution in [0.2, 0.25) is 5.02 Å². The van der Waals surface area contributed by atoms with Gasteiger partial charge in [0.1, 0.15) is 0 Å². The van der Waals surface area contributed by atoms with E-state index < -0.39 is 0 Å². The molecule has 1 heterocycles. The Kier molecular flexibility index (Phi) is 5.83. The lowest BCUT2D eigenvalue weighted by Crippen LogP contribution is -2.32. The lowest BCUT2D eigenvalue weighted by atomic mass is 10.0. The molecule has 1 unspecified atom stereocenters. The molecule has 1 aromatic carbocycles. The lowest BCUT2D eigenvalue weighted by Gasteiger charge is -2.18. The molecule has 2 aromatic rings. The Balaban J connectivity index is 2.02. The van der Waals surface area contributed by atoms with Gasteiger partial charge >= 0.3 is 0 Å². The van der Waals surface area contributed by atoms with Crippen molar-refractivity contribution in [3.05, 3.63) is 52.3 Å². The van der Waals surface area contributed by atoms with Crippen LogP contribution in [0.4, 0.5) is 0 Å². The fourth-order valence-corrected chi connectivity index (χ4v) is 2.92. The fraction of sp³-hybridized carbons (Fsp3) is 0.471. The van der Waals surface area contributed by atoms with Gasteiger partial charge in [-0.15, -0.1) is 0 Å². The van der Waals surface area contributed by atoms with Gasteiger partial charge in [0.05, 0.1) is 16.4 Å². The molecule has 0 saturated carbocycles. The Hall–Kier alpha value is -1.32. The number of aromatic nitrogens is 2. The second-order valence-corrected chi connectivity index (χ2v) is 5.83. The van der Waals surface area contributed by atoms with Crippen LogP contribution < -0.4 is 5.32 Å². The molecule has 0 bridgehead atoms. The van der Waals surface area contributed by atoms with Crippen LogP contribution in [0.1, 0.15) is 30.3 Å². The summed E-state index contributed by atoms with van der Waals surface area (Å²) in [6.45, 7) is 5.07. The van der Waals surface area contributed by atoms with Gasteiger partial charge in [0.25, 0.3) is 0 Å². The highest BCUT2D eigenvalue weighted by Gasteiger charge is 2.16. The fourth-order valence-electron chi connectivity index (χ4n) is 2.69. The molecule has 0 saturated heterocycles. The predicted molar refractivity (Wildman–Crippen MR) is 88.9 cm³/mol. The van der Waals surface area contributed by atoms with Crippen LogP contribution in [-0.2, 0) is 19.9 Å². The summed E-state index contributed by atoms with van der Waals surface area (Å²) in [5.41, 5.74) is 3.41. The molecule has 3 nitrogen and oxygen atoms in total. The maximum absolute atomic E-state index is 6.36. The van der Waals surface area contributed by atoms with Gasteiger partial charge in [-0.1, -0.05) is 48.9 Å². The number of rotatable bonds is 7. The van der Waals surface area contributed by atoms with E-state index in [0.717, 1.165) is 42.2 Å². The highest BCUT2D eigenvalue weighted by molar-refractivity contribution is 6.31. The molecule has 0 aliphatic rings. The van der Waals surface area contributed by atoms with Crippen molar-refractivity contribution in [3.8, 4) is 0 Å². The minimum atomic E-state index is 0.419. The van der Waals surface area contributed by atoms with Crippen molar-refractivity contribution < 1.29 is 0 Å². The summed E-state index contributed by atoms with van der Waals surface area (Å²) in [5, 5.41) is 8.77. The molecule has 0 radical (unpaired) electrons. The first-order chi connectivity index (χ1) is 10.1. The number of likely N-dealkylation sites (N-methyl/N-ethyl adjacent to an activating group) is 1. The summed E-state index contributed by atoms with van der Waals surface area (Å²) >= 11 is 6.36. The standard InChI is InChI=1S/C17H24ClN3/c1-4-19-15(11-10-14-8-6-5-7-9-14)12-16-17(18)13(2)20-21(16)3/h5-9,15,19H,4,10-12H2,1-3H3. The van der Waals surface area contributed by atoms with Crippen LogP contribution in [-0.4, -0.2) is 22.4 Å². The van der Waals surface area contributed by atoms with E-state index in [1.165, 1.54) is 5.56 Å². The molecule has 114 valence electrons. The van der Waals surface area contributed by atoms with Gasteiger partial charge < -0.3 is 5.32 Å². The molecule has 0 aliphatic heterocycles. The summed E-state index contributed by atoms with van der Waals surface area (Å²) in [5.74, 6) is 0. The Morgan fingerprint density at radius 2 is 2.00 bits per heavy atom. The predicted octanol–water partition coefficient (Wildman–Crippen LogP) is 3.54. The van der Waals surface area contributed by atoms with Gasteiger partial charge in [0.15, 0.2) is 0 Å². The monoisotopic (exact) mass is 305 g/mol. The van der Waals surface area contributed by atoms with Crippen LogP contribution in [0.15, 0.2) is 30.3 Å². The molecule has 0 amide bonds. The molecule has 1 N–H and O–H groups in total. The third-order valence-corrected chi connectivity index (χ3v) is 4.31. The minimum Gasteiger partial charge on any atom is -0.314 e. The first-order valence-electron chi connectivity index (χ1n) is 7.57. The van der Waals surface area contributed by atoms with E-state index in [4.69, 9.17) is 11.6 Å². The van der Waals surface area contributed by atoms with Gasteiger partial charge in [0, 0.05) is 19.5 Å². The molecular formula is C17H24ClN3. The molecule has 0 aliphatic carbocycles. The number of aryl methyl sites for hydroxylation is 3. The average Bonchev–Trinajstić information content (AvgIpc) is 2.72. The number of nitrogens with zero attached hydrogens (tertiary/aromatic N) is 2. The van der Waals surface area contributed by atoms with Gasteiger partial charge in [-0.05, 0) is 31.9 Å². The normalized spacial score (nSPS) is 12.6. The average molecular weight is 306 g/mol. The van der Waals surface area contributed by atoms with Crippen molar-refractivity contribution in [2.45, 2.75) is 39.2 Å². The van der Waals surface area contributed by atoms with E-state index in [0.29, 0.717) is 6.04 Å².